The van der Waals surface area contributed by atoms with Crippen LogP contribution in [0.15, 0.2) is 40.9 Å². The Morgan fingerprint density at radius 2 is 2.00 bits per heavy atom. The summed E-state index contributed by atoms with van der Waals surface area (Å²) in [7, 11) is 0. The topological polar surface area (TPSA) is 76.2 Å². The van der Waals surface area contributed by atoms with Gasteiger partial charge in [-0.1, -0.05) is 6.07 Å². The third kappa shape index (κ3) is 2.95. The largest absolute Gasteiger partial charge is 0.455 e. The van der Waals surface area contributed by atoms with Crippen molar-refractivity contribution in [3.63, 3.8) is 0 Å². The van der Waals surface area contributed by atoms with Gasteiger partial charge in [-0.05, 0) is 46.6 Å². The molecule has 2 rings (SSSR count). The van der Waals surface area contributed by atoms with Crippen LogP contribution in [0.2, 0.25) is 0 Å². The van der Waals surface area contributed by atoms with Crippen molar-refractivity contribution >= 4 is 21.6 Å². The fraction of sp³-hybridized carbons (Fsp3) is 0.0714. The zero-order chi connectivity index (χ0) is 14.7. The Morgan fingerprint density at radius 3 is 2.65 bits per heavy atom. The van der Waals surface area contributed by atoms with Crippen LogP contribution in [0, 0.1) is 28.4 Å². The standard InChI is InChI=1S/C14H9BrN2O3/c1-9-2-3-10(8-16)13(6-9)20-14-7-11(17(18)19)4-5-12(14)15/h2-7H,1H3. The van der Waals surface area contributed by atoms with Crippen molar-refractivity contribution in [2.45, 2.75) is 6.92 Å². The smallest absolute Gasteiger partial charge is 0.273 e. The molecule has 20 heavy (non-hydrogen) atoms. The summed E-state index contributed by atoms with van der Waals surface area (Å²) in [5.74, 6) is 0.662. The normalized spacial score (nSPS) is 9.85. The molecule has 0 aromatic heterocycles. The number of hydrogen-bond acceptors (Lipinski definition) is 4. The molecule has 0 heterocycles. The Morgan fingerprint density at radius 1 is 1.25 bits per heavy atom. The molecular weight excluding hydrogens is 324 g/mol. The number of aryl methyl sites for hydroxylation is 1. The van der Waals surface area contributed by atoms with Gasteiger partial charge in [-0.2, -0.15) is 5.26 Å². The van der Waals surface area contributed by atoms with Crippen molar-refractivity contribution in [1.82, 2.24) is 0 Å². The van der Waals surface area contributed by atoms with Gasteiger partial charge in [0.15, 0.2) is 0 Å². The molecule has 2 aromatic carbocycles. The van der Waals surface area contributed by atoms with Gasteiger partial charge in [0.1, 0.15) is 17.6 Å². The summed E-state index contributed by atoms with van der Waals surface area (Å²) in [5, 5.41) is 19.8. The maximum atomic E-state index is 10.8. The Hall–Kier alpha value is -2.39. The predicted molar refractivity (Wildman–Crippen MR) is 76.8 cm³/mol. The van der Waals surface area contributed by atoms with E-state index in [1.807, 2.05) is 13.0 Å². The molecule has 0 atom stereocenters. The van der Waals surface area contributed by atoms with E-state index in [1.165, 1.54) is 18.2 Å². The van der Waals surface area contributed by atoms with Gasteiger partial charge in [0.2, 0.25) is 0 Å². The SMILES string of the molecule is Cc1ccc(C#N)c(Oc2cc([N+](=O)[O-])ccc2Br)c1. The number of benzene rings is 2. The molecule has 0 amide bonds. The maximum absolute atomic E-state index is 10.8. The zero-order valence-corrected chi connectivity index (χ0v) is 12.0. The van der Waals surface area contributed by atoms with Gasteiger partial charge in [0, 0.05) is 6.07 Å². The zero-order valence-electron chi connectivity index (χ0n) is 10.5. The molecule has 0 fully saturated rings. The van der Waals surface area contributed by atoms with Crippen molar-refractivity contribution in [1.29, 1.82) is 5.26 Å². The number of hydrogen-bond donors (Lipinski definition) is 0. The van der Waals surface area contributed by atoms with Crippen LogP contribution in [0.5, 0.6) is 11.5 Å². The number of nitro benzene ring substituents is 1. The van der Waals surface area contributed by atoms with Gasteiger partial charge >= 0.3 is 0 Å². The van der Waals surface area contributed by atoms with Crippen molar-refractivity contribution in [2.24, 2.45) is 0 Å². The van der Waals surface area contributed by atoms with Gasteiger partial charge in [-0.25, -0.2) is 0 Å². The highest BCUT2D eigenvalue weighted by molar-refractivity contribution is 9.10. The third-order valence-corrected chi connectivity index (χ3v) is 3.26. The number of rotatable bonds is 3. The summed E-state index contributed by atoms with van der Waals surface area (Å²) in [5.41, 5.74) is 1.23. The number of halogens is 1. The van der Waals surface area contributed by atoms with Gasteiger partial charge in [0.05, 0.1) is 21.0 Å². The first-order valence-electron chi connectivity index (χ1n) is 5.64. The maximum Gasteiger partial charge on any atom is 0.273 e. The van der Waals surface area contributed by atoms with Crippen LogP contribution >= 0.6 is 15.9 Å². The van der Waals surface area contributed by atoms with Crippen LogP contribution < -0.4 is 4.74 Å². The molecule has 0 aliphatic heterocycles. The lowest BCUT2D eigenvalue weighted by Crippen LogP contribution is -1.93. The van der Waals surface area contributed by atoms with Gasteiger partial charge in [-0.3, -0.25) is 10.1 Å². The highest BCUT2D eigenvalue weighted by Gasteiger charge is 2.13. The quantitative estimate of drug-likeness (QED) is 0.619. The molecule has 0 aliphatic carbocycles. The Bertz CT molecular complexity index is 723. The Balaban J connectivity index is 2.44. The lowest BCUT2D eigenvalue weighted by Gasteiger charge is -2.09. The van der Waals surface area contributed by atoms with E-state index in [0.717, 1.165) is 5.56 Å². The molecule has 0 saturated carbocycles. The molecule has 0 spiro atoms. The molecular formula is C14H9BrN2O3. The number of non-ortho nitro benzene ring substituents is 1. The van der Waals surface area contributed by atoms with Crippen molar-refractivity contribution in [3.05, 3.63) is 62.1 Å². The molecule has 5 nitrogen and oxygen atoms in total. The van der Waals surface area contributed by atoms with E-state index in [2.05, 4.69) is 15.9 Å². The molecule has 0 unspecified atom stereocenters. The van der Waals surface area contributed by atoms with E-state index in [4.69, 9.17) is 10.00 Å². The molecule has 100 valence electrons. The summed E-state index contributed by atoms with van der Waals surface area (Å²) in [6.07, 6.45) is 0. The van der Waals surface area contributed by atoms with E-state index in [1.54, 1.807) is 18.2 Å². The summed E-state index contributed by atoms with van der Waals surface area (Å²) < 4.78 is 6.21. The van der Waals surface area contributed by atoms with E-state index in [-0.39, 0.29) is 5.69 Å². The van der Waals surface area contributed by atoms with E-state index in [9.17, 15) is 10.1 Å². The second-order valence-corrected chi connectivity index (χ2v) is 4.94. The summed E-state index contributed by atoms with van der Waals surface area (Å²) in [6.45, 7) is 1.87. The first kappa shape index (κ1) is 14.0. The molecule has 0 N–H and O–H groups in total. The summed E-state index contributed by atoms with van der Waals surface area (Å²) >= 11 is 3.27. The lowest BCUT2D eigenvalue weighted by molar-refractivity contribution is -0.384. The van der Waals surface area contributed by atoms with E-state index < -0.39 is 4.92 Å². The fourth-order valence-electron chi connectivity index (χ4n) is 1.61. The third-order valence-electron chi connectivity index (χ3n) is 2.60. The molecule has 0 radical (unpaired) electrons. The molecule has 0 bridgehead atoms. The van der Waals surface area contributed by atoms with Crippen molar-refractivity contribution in [2.75, 3.05) is 0 Å². The second kappa shape index (κ2) is 5.72. The molecule has 6 heteroatoms. The summed E-state index contributed by atoms with van der Waals surface area (Å²) in [4.78, 5) is 10.3. The average molecular weight is 333 g/mol. The number of nitriles is 1. The van der Waals surface area contributed by atoms with Crippen LogP contribution in [0.3, 0.4) is 0 Å². The summed E-state index contributed by atoms with van der Waals surface area (Å²) in [6, 6.07) is 11.4. The minimum atomic E-state index is -0.499. The van der Waals surface area contributed by atoms with Crippen LogP contribution in [0.4, 0.5) is 5.69 Å². The highest BCUT2D eigenvalue weighted by Crippen LogP contribution is 2.34. The van der Waals surface area contributed by atoms with Crippen molar-refractivity contribution < 1.29 is 9.66 Å². The molecule has 0 saturated heterocycles. The predicted octanol–water partition coefficient (Wildman–Crippen LogP) is 4.33. The van der Waals surface area contributed by atoms with Gasteiger partial charge in [-0.15, -0.1) is 0 Å². The van der Waals surface area contributed by atoms with Crippen LogP contribution in [0.1, 0.15) is 11.1 Å². The Kier molecular flexibility index (Phi) is 4.01. The van der Waals surface area contributed by atoms with E-state index >= 15 is 0 Å². The lowest BCUT2D eigenvalue weighted by atomic mass is 10.1. The van der Waals surface area contributed by atoms with E-state index in [0.29, 0.717) is 21.5 Å². The van der Waals surface area contributed by atoms with Crippen LogP contribution in [-0.4, -0.2) is 4.92 Å². The van der Waals surface area contributed by atoms with Crippen LogP contribution in [0.25, 0.3) is 0 Å². The minimum Gasteiger partial charge on any atom is -0.455 e. The van der Waals surface area contributed by atoms with Gasteiger partial charge < -0.3 is 4.74 Å². The number of nitrogens with zero attached hydrogens (tertiary/aromatic N) is 2. The average Bonchev–Trinajstić information content (AvgIpc) is 2.41. The Labute approximate surface area is 123 Å². The number of ether oxygens (including phenoxy) is 1. The first-order valence-corrected chi connectivity index (χ1v) is 6.43. The minimum absolute atomic E-state index is 0.0747. The van der Waals surface area contributed by atoms with Crippen LogP contribution in [-0.2, 0) is 0 Å². The monoisotopic (exact) mass is 332 g/mol. The highest BCUT2D eigenvalue weighted by atomic mass is 79.9. The fourth-order valence-corrected chi connectivity index (χ4v) is 1.94. The molecule has 2 aromatic rings. The number of nitro groups is 1. The van der Waals surface area contributed by atoms with Crippen molar-refractivity contribution in [3.8, 4) is 17.6 Å². The first-order chi connectivity index (χ1) is 9.51. The molecule has 0 aliphatic rings. The van der Waals surface area contributed by atoms with Gasteiger partial charge in [0.25, 0.3) is 5.69 Å². The second-order valence-electron chi connectivity index (χ2n) is 4.09.